The van der Waals surface area contributed by atoms with Crippen LogP contribution in [0.4, 0.5) is 5.82 Å². The zero-order valence-corrected chi connectivity index (χ0v) is 12.5. The molecule has 0 saturated heterocycles. The summed E-state index contributed by atoms with van der Waals surface area (Å²) >= 11 is 0. The minimum Gasteiger partial charge on any atom is -0.348 e. The Morgan fingerprint density at radius 1 is 1.24 bits per heavy atom. The topological polar surface area (TPSA) is 39.9 Å². The molecule has 3 nitrogen and oxygen atoms in total. The van der Waals surface area contributed by atoms with E-state index in [1.165, 1.54) is 11.1 Å². The fourth-order valence-corrected chi connectivity index (χ4v) is 3.27. The van der Waals surface area contributed by atoms with Gasteiger partial charge in [-0.2, -0.15) is 5.26 Å². The van der Waals surface area contributed by atoms with Gasteiger partial charge in [-0.25, -0.2) is 4.98 Å². The number of hydrogen-bond acceptors (Lipinski definition) is 3. The zero-order chi connectivity index (χ0) is 14.8. The van der Waals surface area contributed by atoms with Crippen LogP contribution in [0.5, 0.6) is 0 Å². The highest BCUT2D eigenvalue weighted by Gasteiger charge is 2.31. The van der Waals surface area contributed by atoms with Crippen LogP contribution in [-0.4, -0.2) is 11.5 Å². The molecule has 1 aliphatic rings. The molecule has 0 saturated carbocycles. The number of aromatic nitrogens is 1. The maximum atomic E-state index is 9.35. The van der Waals surface area contributed by atoms with Crippen molar-refractivity contribution in [2.75, 3.05) is 11.4 Å². The maximum absolute atomic E-state index is 9.35. The third kappa shape index (κ3) is 2.38. The van der Waals surface area contributed by atoms with E-state index in [4.69, 9.17) is 0 Å². The predicted molar refractivity (Wildman–Crippen MR) is 84.0 cm³/mol. The van der Waals surface area contributed by atoms with Crippen molar-refractivity contribution >= 4 is 5.82 Å². The fraction of sp³-hybridized carbons (Fsp3) is 0.333. The molecule has 106 valence electrons. The number of pyridine rings is 1. The summed E-state index contributed by atoms with van der Waals surface area (Å²) in [6, 6.07) is 14.8. The van der Waals surface area contributed by atoms with E-state index >= 15 is 0 Å². The molecular weight excluding hydrogens is 258 g/mol. The van der Waals surface area contributed by atoms with Gasteiger partial charge in [-0.05, 0) is 35.6 Å². The van der Waals surface area contributed by atoms with Crippen LogP contribution in [0.2, 0.25) is 0 Å². The standard InChI is InChI=1S/C18H19N3/c1-13(2)17-16-8-4-3-6-14(16)9-11-21(17)18-15(12-19)7-5-10-20-18/h3-8,10,13,17H,9,11H2,1-2H3. The van der Waals surface area contributed by atoms with Gasteiger partial charge in [0.25, 0.3) is 0 Å². The first kappa shape index (κ1) is 13.6. The van der Waals surface area contributed by atoms with E-state index in [0.717, 1.165) is 18.8 Å². The Morgan fingerprint density at radius 2 is 2.05 bits per heavy atom. The first-order valence-corrected chi connectivity index (χ1v) is 7.42. The van der Waals surface area contributed by atoms with Crippen molar-refractivity contribution < 1.29 is 0 Å². The summed E-state index contributed by atoms with van der Waals surface area (Å²) in [6.45, 7) is 5.37. The van der Waals surface area contributed by atoms with Crippen molar-refractivity contribution in [3.8, 4) is 6.07 Å². The van der Waals surface area contributed by atoms with Crippen LogP contribution in [0.3, 0.4) is 0 Å². The molecule has 1 unspecified atom stereocenters. The summed E-state index contributed by atoms with van der Waals surface area (Å²) in [5.41, 5.74) is 3.44. The molecule has 0 radical (unpaired) electrons. The van der Waals surface area contributed by atoms with Gasteiger partial charge >= 0.3 is 0 Å². The van der Waals surface area contributed by atoms with E-state index in [9.17, 15) is 5.26 Å². The molecule has 1 atom stereocenters. The third-order valence-electron chi connectivity index (χ3n) is 4.14. The number of nitrogens with zero attached hydrogens (tertiary/aromatic N) is 3. The molecule has 0 bridgehead atoms. The van der Waals surface area contributed by atoms with Crippen LogP contribution in [0, 0.1) is 17.2 Å². The Labute approximate surface area is 125 Å². The summed E-state index contributed by atoms with van der Waals surface area (Å²) in [4.78, 5) is 6.78. The van der Waals surface area contributed by atoms with Gasteiger partial charge < -0.3 is 4.90 Å². The van der Waals surface area contributed by atoms with Gasteiger partial charge in [0.2, 0.25) is 0 Å². The van der Waals surface area contributed by atoms with Crippen LogP contribution in [0.15, 0.2) is 42.6 Å². The van der Waals surface area contributed by atoms with E-state index < -0.39 is 0 Å². The van der Waals surface area contributed by atoms with Crippen molar-refractivity contribution in [1.82, 2.24) is 4.98 Å². The van der Waals surface area contributed by atoms with Crippen molar-refractivity contribution in [3.05, 3.63) is 59.3 Å². The molecule has 1 aliphatic heterocycles. The van der Waals surface area contributed by atoms with Crippen molar-refractivity contribution in [3.63, 3.8) is 0 Å². The van der Waals surface area contributed by atoms with Gasteiger partial charge in [-0.15, -0.1) is 0 Å². The SMILES string of the molecule is CC(C)C1c2ccccc2CCN1c1ncccc1C#N. The van der Waals surface area contributed by atoms with Gasteiger partial charge in [0.15, 0.2) is 0 Å². The van der Waals surface area contributed by atoms with Gasteiger partial charge in [0.05, 0.1) is 11.6 Å². The molecule has 1 aromatic carbocycles. The number of fused-ring (bicyclic) bond motifs is 1. The van der Waals surface area contributed by atoms with Crippen LogP contribution < -0.4 is 4.90 Å². The van der Waals surface area contributed by atoms with E-state index in [-0.39, 0.29) is 6.04 Å². The molecule has 0 amide bonds. The smallest absolute Gasteiger partial charge is 0.147 e. The number of nitriles is 1. The molecule has 3 rings (SSSR count). The number of hydrogen-bond donors (Lipinski definition) is 0. The molecular formula is C18H19N3. The highest BCUT2D eigenvalue weighted by molar-refractivity contribution is 5.57. The molecule has 3 heteroatoms. The molecule has 2 aromatic rings. The van der Waals surface area contributed by atoms with Crippen molar-refractivity contribution in [2.45, 2.75) is 26.3 Å². The van der Waals surface area contributed by atoms with E-state index in [0.29, 0.717) is 11.5 Å². The second-order valence-electron chi connectivity index (χ2n) is 5.82. The summed E-state index contributed by atoms with van der Waals surface area (Å²) in [5.74, 6) is 1.27. The minimum atomic E-state index is 0.275. The Morgan fingerprint density at radius 3 is 2.81 bits per heavy atom. The lowest BCUT2D eigenvalue weighted by atomic mass is 9.86. The third-order valence-corrected chi connectivity index (χ3v) is 4.14. The van der Waals surface area contributed by atoms with Crippen LogP contribution >= 0.6 is 0 Å². The molecule has 2 heterocycles. The zero-order valence-electron chi connectivity index (χ0n) is 12.5. The predicted octanol–water partition coefficient (Wildman–Crippen LogP) is 3.71. The number of benzene rings is 1. The first-order chi connectivity index (χ1) is 10.2. The fourth-order valence-electron chi connectivity index (χ4n) is 3.27. The maximum Gasteiger partial charge on any atom is 0.147 e. The van der Waals surface area contributed by atoms with Gasteiger partial charge in [0.1, 0.15) is 11.9 Å². The molecule has 0 spiro atoms. The highest BCUT2D eigenvalue weighted by atomic mass is 15.2. The van der Waals surface area contributed by atoms with Crippen LogP contribution in [0.25, 0.3) is 0 Å². The van der Waals surface area contributed by atoms with Crippen LogP contribution in [-0.2, 0) is 6.42 Å². The van der Waals surface area contributed by atoms with E-state index in [1.54, 1.807) is 6.20 Å². The van der Waals surface area contributed by atoms with Crippen molar-refractivity contribution in [1.29, 1.82) is 5.26 Å². The van der Waals surface area contributed by atoms with Gasteiger partial charge in [-0.3, -0.25) is 0 Å². The largest absolute Gasteiger partial charge is 0.348 e. The molecule has 0 fully saturated rings. The summed E-state index contributed by atoms with van der Waals surface area (Å²) in [5, 5.41) is 9.35. The monoisotopic (exact) mass is 277 g/mol. The highest BCUT2D eigenvalue weighted by Crippen LogP contribution is 2.38. The summed E-state index contributed by atoms with van der Waals surface area (Å²) in [6.07, 6.45) is 2.77. The first-order valence-electron chi connectivity index (χ1n) is 7.42. The van der Waals surface area contributed by atoms with Gasteiger partial charge in [-0.1, -0.05) is 38.1 Å². The lowest BCUT2D eigenvalue weighted by molar-refractivity contribution is 0.447. The van der Waals surface area contributed by atoms with E-state index in [2.05, 4.69) is 54.1 Å². The lowest BCUT2D eigenvalue weighted by Gasteiger charge is -2.40. The average Bonchev–Trinajstić information content (AvgIpc) is 2.53. The van der Waals surface area contributed by atoms with Gasteiger partial charge in [0, 0.05) is 12.7 Å². The van der Waals surface area contributed by atoms with Crippen LogP contribution in [0.1, 0.15) is 36.6 Å². The Hall–Kier alpha value is -2.34. The normalized spacial score (nSPS) is 17.4. The molecule has 0 aliphatic carbocycles. The van der Waals surface area contributed by atoms with E-state index in [1.807, 2.05) is 12.1 Å². The Kier molecular flexibility index (Phi) is 3.62. The second-order valence-corrected chi connectivity index (χ2v) is 5.82. The summed E-state index contributed by atoms with van der Waals surface area (Å²) < 4.78 is 0. The summed E-state index contributed by atoms with van der Waals surface area (Å²) in [7, 11) is 0. The average molecular weight is 277 g/mol. The Bertz CT molecular complexity index is 685. The molecule has 1 aromatic heterocycles. The van der Waals surface area contributed by atoms with Crippen molar-refractivity contribution in [2.24, 2.45) is 5.92 Å². The molecule has 21 heavy (non-hydrogen) atoms. The lowest BCUT2D eigenvalue weighted by Crippen LogP contribution is -2.39. The Balaban J connectivity index is 2.10. The quantitative estimate of drug-likeness (QED) is 0.840. The number of rotatable bonds is 2. The number of anilines is 1. The minimum absolute atomic E-state index is 0.275. The molecule has 0 N–H and O–H groups in total. The second kappa shape index (κ2) is 5.57.